The minimum Gasteiger partial charge on any atom is -0.382 e. The van der Waals surface area contributed by atoms with Gasteiger partial charge in [0, 0.05) is 103 Å². The number of Topliss-reactive ketones (excluding diaryl/α,β-unsaturated/α-hetero) is 1. The van der Waals surface area contributed by atoms with Crippen LogP contribution < -0.4 is 26.4 Å². The first-order valence-electron chi connectivity index (χ1n) is 29.3. The SMILES string of the molecule is CN1CCN(c2ccc(-c3cccc(CN4CCN(CCCCCCC(=O)CCOCCOCCOCCOCCOCCNc5cccc6c5C(=O)N(C5CCC(=O)NC5=O)C6=O)CC4)c3)cc2NC(=O)c2c[nH]c(=O)cc2C(F)(F)F)CC1. The number of alkyl halides is 3. The predicted molar refractivity (Wildman–Crippen MR) is 312 cm³/mol. The monoisotopic (exact) mass is 1190 g/mol. The van der Waals surface area contributed by atoms with Crippen LogP contribution in [0.4, 0.5) is 30.2 Å². The summed E-state index contributed by atoms with van der Waals surface area (Å²) in [7, 11) is 2.03. The van der Waals surface area contributed by atoms with Crippen molar-refractivity contribution in [3.63, 3.8) is 0 Å². The summed E-state index contributed by atoms with van der Waals surface area (Å²) in [5.41, 5.74) is 1.90. The number of pyridine rings is 1. The third-order valence-electron chi connectivity index (χ3n) is 15.4. The van der Waals surface area contributed by atoms with E-state index in [0.717, 1.165) is 106 Å². The molecule has 4 N–H and O–H groups in total. The summed E-state index contributed by atoms with van der Waals surface area (Å²) in [4.78, 5) is 100. The van der Waals surface area contributed by atoms with E-state index in [4.69, 9.17) is 23.7 Å². The number of nitrogens with one attached hydrogen (secondary N) is 4. The Hall–Kier alpha value is -6.90. The molecule has 5 amide bonds. The Kier molecular flexibility index (Phi) is 24.1. The maximum atomic E-state index is 13.9. The quantitative estimate of drug-likeness (QED) is 0.0332. The second kappa shape index (κ2) is 32.0. The van der Waals surface area contributed by atoms with E-state index < -0.39 is 58.4 Å². The number of hydrogen-bond acceptors (Lipinski definition) is 17. The van der Waals surface area contributed by atoms with E-state index in [1.165, 1.54) is 0 Å². The smallest absolute Gasteiger partial charge is 0.382 e. The molecule has 0 aliphatic carbocycles. The number of piperidine rings is 1. The summed E-state index contributed by atoms with van der Waals surface area (Å²) >= 11 is 0. The van der Waals surface area contributed by atoms with Gasteiger partial charge in [0.15, 0.2) is 0 Å². The number of imide groups is 2. The fourth-order valence-electron chi connectivity index (χ4n) is 10.7. The molecule has 85 heavy (non-hydrogen) atoms. The molecule has 1 aromatic heterocycles. The van der Waals surface area contributed by atoms with Crippen LogP contribution in [0.5, 0.6) is 0 Å². The van der Waals surface area contributed by atoms with Gasteiger partial charge >= 0.3 is 6.18 Å². The maximum absolute atomic E-state index is 13.9. The number of carbonyl (C=O) groups is 6. The average Bonchev–Trinajstić information content (AvgIpc) is 2.00. The molecule has 3 fully saturated rings. The molecule has 0 bridgehead atoms. The van der Waals surface area contributed by atoms with Gasteiger partial charge in [-0.05, 0) is 79.9 Å². The number of amides is 5. The minimum atomic E-state index is -4.90. The van der Waals surface area contributed by atoms with Gasteiger partial charge in [0.25, 0.3) is 17.7 Å². The molecule has 0 saturated carbocycles. The van der Waals surface area contributed by atoms with Crippen LogP contribution in [0, 0.1) is 0 Å². The molecule has 0 spiro atoms. The Morgan fingerprint density at radius 3 is 2.00 bits per heavy atom. The zero-order valence-corrected chi connectivity index (χ0v) is 48.3. The lowest BCUT2D eigenvalue weighted by Gasteiger charge is -2.35. The van der Waals surface area contributed by atoms with Gasteiger partial charge in [0.2, 0.25) is 17.4 Å². The highest BCUT2D eigenvalue weighted by Crippen LogP contribution is 2.36. The third-order valence-corrected chi connectivity index (χ3v) is 15.4. The van der Waals surface area contributed by atoms with E-state index >= 15 is 0 Å². The Labute approximate surface area is 492 Å². The summed E-state index contributed by atoms with van der Waals surface area (Å²) in [5, 5.41) is 8.09. The van der Waals surface area contributed by atoms with Crippen molar-refractivity contribution in [2.45, 2.75) is 70.1 Å². The zero-order valence-electron chi connectivity index (χ0n) is 48.3. The van der Waals surface area contributed by atoms with Gasteiger partial charge in [0.05, 0.1) is 99.7 Å². The number of fused-ring (bicyclic) bond motifs is 1. The number of hydrogen-bond donors (Lipinski definition) is 4. The number of unbranched alkanes of at least 4 members (excludes halogenated alkanes) is 3. The highest BCUT2D eigenvalue weighted by atomic mass is 19.4. The van der Waals surface area contributed by atoms with Gasteiger partial charge in [-0.15, -0.1) is 0 Å². The molecule has 21 nitrogen and oxygen atoms in total. The van der Waals surface area contributed by atoms with Crippen molar-refractivity contribution in [2.24, 2.45) is 0 Å². The summed E-state index contributed by atoms with van der Waals surface area (Å²) < 4.78 is 69.7. The number of nitrogens with zero attached hydrogens (tertiary/aromatic N) is 5. The molecule has 4 aliphatic heterocycles. The van der Waals surface area contributed by atoms with Crippen molar-refractivity contribution in [1.82, 2.24) is 29.9 Å². The number of aromatic amines is 1. The molecule has 1 unspecified atom stereocenters. The van der Waals surface area contributed by atoms with Gasteiger partial charge < -0.3 is 54.0 Å². The number of ether oxygens (including phenoxy) is 5. The number of rotatable bonds is 33. The fraction of sp³-hybridized carbons (Fsp3) is 0.525. The maximum Gasteiger partial charge on any atom is 0.417 e. The fourth-order valence-corrected chi connectivity index (χ4v) is 10.7. The van der Waals surface area contributed by atoms with Crippen molar-refractivity contribution in [1.29, 1.82) is 0 Å². The predicted octanol–water partition coefficient (Wildman–Crippen LogP) is 5.69. The Bertz CT molecular complexity index is 2980. The normalized spacial score (nSPS) is 17.2. The Morgan fingerprint density at radius 1 is 0.659 bits per heavy atom. The number of piperazine rings is 2. The number of halogens is 3. The molecule has 5 heterocycles. The van der Waals surface area contributed by atoms with Gasteiger partial charge in [-0.1, -0.05) is 43.2 Å². The van der Waals surface area contributed by atoms with Crippen molar-refractivity contribution in [3.05, 3.63) is 111 Å². The zero-order chi connectivity index (χ0) is 60.1. The lowest BCUT2D eigenvalue weighted by atomic mass is 10.0. The first kappa shape index (κ1) is 64.1. The first-order chi connectivity index (χ1) is 41.1. The van der Waals surface area contributed by atoms with Crippen LogP contribution in [-0.4, -0.2) is 205 Å². The summed E-state index contributed by atoms with van der Waals surface area (Å²) in [6.45, 7) is 12.7. The molecule has 0 radical (unpaired) electrons. The lowest BCUT2D eigenvalue weighted by Crippen LogP contribution is -2.54. The number of anilines is 3. The van der Waals surface area contributed by atoms with Crippen molar-refractivity contribution >= 4 is 52.4 Å². The summed E-state index contributed by atoms with van der Waals surface area (Å²) in [5.74, 6) is -2.98. The van der Waals surface area contributed by atoms with Gasteiger partial charge in [0.1, 0.15) is 11.8 Å². The van der Waals surface area contributed by atoms with E-state index in [1.807, 2.05) is 37.4 Å². The number of H-pyrrole nitrogens is 1. The van der Waals surface area contributed by atoms with E-state index in [9.17, 15) is 46.7 Å². The Morgan fingerprint density at radius 2 is 1.31 bits per heavy atom. The van der Waals surface area contributed by atoms with Crippen LogP contribution in [-0.2, 0) is 50.8 Å². The number of likely N-dealkylation sites (N-methyl/N-ethyl adjacent to an activating group) is 1. The van der Waals surface area contributed by atoms with Crippen molar-refractivity contribution in [3.8, 4) is 11.1 Å². The molecule has 4 aromatic rings. The van der Waals surface area contributed by atoms with Crippen LogP contribution in [0.15, 0.2) is 77.7 Å². The molecule has 8 rings (SSSR count). The third kappa shape index (κ3) is 18.8. The van der Waals surface area contributed by atoms with Gasteiger partial charge in [-0.25, -0.2) is 0 Å². The number of ketones is 1. The summed E-state index contributed by atoms with van der Waals surface area (Å²) in [6, 6.07) is 18.2. The molecular formula is C61H78F3N9O12. The molecule has 3 aromatic carbocycles. The molecule has 24 heteroatoms. The summed E-state index contributed by atoms with van der Waals surface area (Å²) in [6.07, 6.45) is 1.01. The second-order valence-corrected chi connectivity index (χ2v) is 21.5. The second-order valence-electron chi connectivity index (χ2n) is 21.5. The van der Waals surface area contributed by atoms with E-state index in [2.05, 4.69) is 52.7 Å². The van der Waals surface area contributed by atoms with Gasteiger partial charge in [-0.3, -0.25) is 48.7 Å². The molecular weight excluding hydrogens is 1110 g/mol. The van der Waals surface area contributed by atoms with Crippen molar-refractivity contribution in [2.75, 3.05) is 154 Å². The van der Waals surface area contributed by atoms with E-state index in [0.29, 0.717) is 122 Å². The van der Waals surface area contributed by atoms with Crippen molar-refractivity contribution < 1.29 is 65.6 Å². The van der Waals surface area contributed by atoms with Crippen LogP contribution in [0.2, 0.25) is 0 Å². The van der Waals surface area contributed by atoms with E-state index in [-0.39, 0.29) is 29.8 Å². The highest BCUT2D eigenvalue weighted by molar-refractivity contribution is 6.25. The number of benzene rings is 3. The van der Waals surface area contributed by atoms with Crippen LogP contribution in [0.25, 0.3) is 11.1 Å². The Balaban J connectivity index is 0.608. The number of carbonyl (C=O) groups excluding carboxylic acids is 6. The number of aromatic nitrogens is 1. The molecule has 1 atom stereocenters. The first-order valence-corrected chi connectivity index (χ1v) is 29.3. The van der Waals surface area contributed by atoms with Gasteiger partial charge in [-0.2, -0.15) is 13.2 Å². The molecule has 3 saturated heterocycles. The molecule has 460 valence electrons. The largest absolute Gasteiger partial charge is 0.417 e. The topological polar surface area (TPSA) is 234 Å². The molecule has 4 aliphatic rings. The van der Waals surface area contributed by atoms with Crippen LogP contribution >= 0.6 is 0 Å². The standard InChI is InChI=1S/C61H78F3N9O12/c1-69-20-26-72(27-21-69)52-14-13-45(39-51(52)67-57(77)48-41-66-55(76)40-49(48)61(62,63)64)44-9-6-8-43(38-44)42-71-24-22-70(23-25-71)19-5-3-2-4-10-46(74)17-28-81-30-32-83-34-36-85-37-35-84-33-31-82-29-18-65-50-12-7-11-47-56(50)60(80)73(59(47)79)53-15-16-54(75)68-58(53)78/h6-9,11-14,38-41,53,65H,2-5,10,15-37,42H2,1H3,(H,66,76)(H,67,77)(H,68,75,78). The van der Waals surface area contributed by atoms with Crippen LogP contribution in [0.1, 0.15) is 93.6 Å². The minimum absolute atomic E-state index is 0.0511. The van der Waals surface area contributed by atoms with Crippen LogP contribution in [0.3, 0.4) is 0 Å². The average molecular weight is 1190 g/mol. The highest BCUT2D eigenvalue weighted by Gasteiger charge is 2.45. The lowest BCUT2D eigenvalue weighted by molar-refractivity contribution is -0.138. The van der Waals surface area contributed by atoms with E-state index in [1.54, 1.807) is 18.2 Å².